The predicted octanol–water partition coefficient (Wildman–Crippen LogP) is 3.02. The first kappa shape index (κ1) is 20.2. The van der Waals surface area contributed by atoms with E-state index < -0.39 is 0 Å². The van der Waals surface area contributed by atoms with Crippen LogP contribution in [0.5, 0.6) is 0 Å². The van der Waals surface area contributed by atoms with Gasteiger partial charge in [-0.15, -0.1) is 0 Å². The molecule has 1 fully saturated rings. The van der Waals surface area contributed by atoms with Gasteiger partial charge in [-0.3, -0.25) is 4.68 Å². The molecule has 0 radical (unpaired) electrons. The molecule has 1 saturated heterocycles. The minimum Gasteiger partial charge on any atom is -0.357 e. The average Bonchev–Trinajstić information content (AvgIpc) is 3.02. The molecule has 2 aromatic rings. The van der Waals surface area contributed by atoms with Crippen LogP contribution in [0.25, 0.3) is 0 Å². The van der Waals surface area contributed by atoms with Crippen molar-refractivity contribution in [3.63, 3.8) is 0 Å². The molecule has 2 N–H and O–H groups in total. The molecule has 0 aromatic carbocycles. The topological polar surface area (TPSA) is 75.1 Å². The number of pyridine rings is 1. The van der Waals surface area contributed by atoms with Crippen LogP contribution >= 0.6 is 0 Å². The first-order valence-electron chi connectivity index (χ1n) is 10.2. The fourth-order valence-electron chi connectivity index (χ4n) is 3.56. The second-order valence-electron chi connectivity index (χ2n) is 7.85. The second-order valence-corrected chi connectivity index (χ2v) is 7.85. The fourth-order valence-corrected chi connectivity index (χ4v) is 3.56. The molecule has 28 heavy (non-hydrogen) atoms. The first-order valence-corrected chi connectivity index (χ1v) is 10.2. The van der Waals surface area contributed by atoms with E-state index in [9.17, 15) is 4.79 Å². The molecule has 1 unspecified atom stereocenters. The molecule has 1 aliphatic heterocycles. The van der Waals surface area contributed by atoms with Crippen LogP contribution in [0.4, 0.5) is 10.6 Å². The molecule has 152 valence electrons. The van der Waals surface area contributed by atoms with Gasteiger partial charge in [-0.1, -0.05) is 13.0 Å². The number of anilines is 1. The number of aryl methyl sites for hydroxylation is 2. The molecule has 0 aliphatic carbocycles. The van der Waals surface area contributed by atoms with Crippen molar-refractivity contribution in [2.45, 2.75) is 53.1 Å². The minimum absolute atomic E-state index is 0.152. The van der Waals surface area contributed by atoms with Crippen LogP contribution in [-0.4, -0.2) is 40.4 Å². The molecule has 0 bridgehead atoms. The molecule has 2 amide bonds. The zero-order valence-electron chi connectivity index (χ0n) is 17.2. The number of aromatic nitrogens is 3. The second kappa shape index (κ2) is 9.57. The van der Waals surface area contributed by atoms with E-state index >= 15 is 0 Å². The zero-order valence-corrected chi connectivity index (χ0v) is 17.2. The molecule has 2 aromatic heterocycles. The Bertz CT molecular complexity index is 764. The maximum atomic E-state index is 12.1. The number of hydrogen-bond donors (Lipinski definition) is 2. The average molecular weight is 385 g/mol. The number of nitrogens with zero attached hydrogens (tertiary/aromatic N) is 4. The highest BCUT2D eigenvalue weighted by atomic mass is 16.2. The van der Waals surface area contributed by atoms with Crippen LogP contribution in [0.15, 0.2) is 24.4 Å². The van der Waals surface area contributed by atoms with Crippen LogP contribution < -0.4 is 15.5 Å². The summed E-state index contributed by atoms with van der Waals surface area (Å²) in [4.78, 5) is 19.0. The molecular weight excluding hydrogens is 352 g/mol. The third-order valence-electron chi connectivity index (χ3n) is 5.14. The Balaban J connectivity index is 1.38. The Labute approximate surface area is 167 Å². The number of amides is 2. The lowest BCUT2D eigenvalue weighted by Gasteiger charge is -2.27. The minimum atomic E-state index is -0.152. The smallest absolute Gasteiger partial charge is 0.315 e. The lowest BCUT2D eigenvalue weighted by molar-refractivity contribution is 0.238. The van der Waals surface area contributed by atoms with Crippen molar-refractivity contribution in [3.05, 3.63) is 41.3 Å². The zero-order chi connectivity index (χ0) is 19.9. The predicted molar refractivity (Wildman–Crippen MR) is 111 cm³/mol. The highest BCUT2D eigenvalue weighted by molar-refractivity contribution is 5.73. The van der Waals surface area contributed by atoms with Crippen LogP contribution in [0, 0.1) is 19.8 Å². The van der Waals surface area contributed by atoms with E-state index in [4.69, 9.17) is 0 Å². The third-order valence-corrected chi connectivity index (χ3v) is 5.14. The number of rotatable bonds is 7. The monoisotopic (exact) mass is 384 g/mol. The summed E-state index contributed by atoms with van der Waals surface area (Å²) < 4.78 is 2.00. The van der Waals surface area contributed by atoms with E-state index in [1.807, 2.05) is 23.9 Å². The van der Waals surface area contributed by atoms with E-state index in [1.165, 1.54) is 19.3 Å². The highest BCUT2D eigenvalue weighted by Crippen LogP contribution is 2.17. The Hall–Kier alpha value is -2.57. The molecular formula is C21H32N6O. The van der Waals surface area contributed by atoms with Gasteiger partial charge in [0.2, 0.25) is 0 Å². The van der Waals surface area contributed by atoms with Gasteiger partial charge in [0.25, 0.3) is 0 Å². The molecule has 3 rings (SSSR count). The largest absolute Gasteiger partial charge is 0.357 e. The van der Waals surface area contributed by atoms with Crippen LogP contribution in [0.1, 0.15) is 43.1 Å². The Kier molecular flexibility index (Phi) is 6.90. The number of carbonyl (C=O) groups is 1. The van der Waals surface area contributed by atoms with Gasteiger partial charge >= 0.3 is 6.03 Å². The molecule has 1 atom stereocenters. The van der Waals surface area contributed by atoms with Crippen molar-refractivity contribution >= 4 is 11.8 Å². The van der Waals surface area contributed by atoms with E-state index in [1.54, 1.807) is 0 Å². The van der Waals surface area contributed by atoms with Crippen LogP contribution in [-0.2, 0) is 13.1 Å². The summed E-state index contributed by atoms with van der Waals surface area (Å²) in [5.74, 6) is 1.33. The summed E-state index contributed by atoms with van der Waals surface area (Å²) >= 11 is 0. The molecule has 1 aliphatic rings. The summed E-state index contributed by atoms with van der Waals surface area (Å²) in [7, 11) is 0. The van der Waals surface area contributed by atoms with Gasteiger partial charge in [0, 0.05) is 44.6 Å². The third kappa shape index (κ3) is 5.71. The number of carbonyl (C=O) groups excluding carboxylic acids is 1. The Morgan fingerprint density at radius 3 is 2.61 bits per heavy atom. The number of nitrogens with one attached hydrogen (secondary N) is 2. The summed E-state index contributed by atoms with van der Waals surface area (Å²) in [5, 5.41) is 10.3. The maximum absolute atomic E-state index is 12.1. The van der Waals surface area contributed by atoms with Crippen LogP contribution in [0.2, 0.25) is 0 Å². The molecule has 0 spiro atoms. The summed E-state index contributed by atoms with van der Waals surface area (Å²) in [6.07, 6.45) is 5.65. The summed E-state index contributed by atoms with van der Waals surface area (Å²) in [6.45, 7) is 10.2. The van der Waals surface area contributed by atoms with Crippen molar-refractivity contribution in [2.24, 2.45) is 5.92 Å². The van der Waals surface area contributed by atoms with Gasteiger partial charge in [0.1, 0.15) is 5.82 Å². The first-order chi connectivity index (χ1) is 13.5. The molecule has 0 saturated carbocycles. The van der Waals surface area contributed by atoms with Gasteiger partial charge < -0.3 is 15.5 Å². The van der Waals surface area contributed by atoms with Gasteiger partial charge in [-0.25, -0.2) is 9.78 Å². The normalized spacial score (nSPS) is 15.3. The maximum Gasteiger partial charge on any atom is 0.315 e. The number of urea groups is 1. The molecule has 3 heterocycles. The van der Waals surface area contributed by atoms with E-state index in [-0.39, 0.29) is 6.03 Å². The van der Waals surface area contributed by atoms with Gasteiger partial charge in [0.05, 0.1) is 5.69 Å². The molecule has 7 heteroatoms. The van der Waals surface area contributed by atoms with E-state index in [0.717, 1.165) is 42.4 Å². The standard InChI is InChI=1S/C21H32N6O/c1-16(15-27-18(3)11-17(2)25-27)12-23-21(28)24-14-19-7-8-20(22-13-19)26-9-5-4-6-10-26/h7-8,11,13,16H,4-6,9-10,12,14-15H2,1-3H3,(H2,23,24,28). The lowest BCUT2D eigenvalue weighted by Crippen LogP contribution is -2.38. The number of piperidine rings is 1. The quantitative estimate of drug-likeness (QED) is 0.769. The van der Waals surface area contributed by atoms with Crippen LogP contribution in [0.3, 0.4) is 0 Å². The van der Waals surface area contributed by atoms with Crippen molar-refractivity contribution in [1.82, 2.24) is 25.4 Å². The Morgan fingerprint density at radius 2 is 1.96 bits per heavy atom. The highest BCUT2D eigenvalue weighted by Gasteiger charge is 2.12. The summed E-state index contributed by atoms with van der Waals surface area (Å²) in [6, 6.07) is 6.01. The van der Waals surface area contributed by atoms with Crippen molar-refractivity contribution in [1.29, 1.82) is 0 Å². The number of hydrogen-bond acceptors (Lipinski definition) is 4. The van der Waals surface area contributed by atoms with Gasteiger partial charge in [-0.2, -0.15) is 5.10 Å². The summed E-state index contributed by atoms with van der Waals surface area (Å²) in [5.41, 5.74) is 3.18. The van der Waals surface area contributed by atoms with E-state index in [2.05, 4.69) is 51.6 Å². The van der Waals surface area contributed by atoms with Gasteiger partial charge in [-0.05, 0) is 56.7 Å². The SMILES string of the molecule is Cc1cc(C)n(CC(C)CNC(=O)NCc2ccc(N3CCCCC3)nc2)n1. The van der Waals surface area contributed by atoms with Gasteiger partial charge in [0.15, 0.2) is 0 Å². The molecule has 7 nitrogen and oxygen atoms in total. The van der Waals surface area contributed by atoms with Crippen molar-refractivity contribution in [3.8, 4) is 0 Å². The van der Waals surface area contributed by atoms with E-state index in [0.29, 0.717) is 19.0 Å². The van der Waals surface area contributed by atoms with Crippen molar-refractivity contribution < 1.29 is 4.79 Å². The fraction of sp³-hybridized carbons (Fsp3) is 0.571. The lowest BCUT2D eigenvalue weighted by atomic mass is 10.1. The van der Waals surface area contributed by atoms with Crippen molar-refractivity contribution in [2.75, 3.05) is 24.5 Å². The Morgan fingerprint density at radius 1 is 1.18 bits per heavy atom.